The minimum Gasteiger partial charge on any atom is -0.484 e. The number of rotatable bonds is 6. The first-order valence-electron chi connectivity index (χ1n) is 9.29. The van der Waals surface area contributed by atoms with Crippen molar-refractivity contribution in [3.63, 3.8) is 0 Å². The van der Waals surface area contributed by atoms with Gasteiger partial charge in [-0.3, -0.25) is 9.59 Å². The van der Waals surface area contributed by atoms with Crippen LogP contribution in [0.3, 0.4) is 0 Å². The quantitative estimate of drug-likeness (QED) is 0.581. The predicted octanol–water partition coefficient (Wildman–Crippen LogP) is 2.51. The molecule has 4 N–H and O–H groups in total. The summed E-state index contributed by atoms with van der Waals surface area (Å²) < 4.78 is 7.10. The average Bonchev–Trinajstić information content (AvgIpc) is 3.12. The van der Waals surface area contributed by atoms with Crippen molar-refractivity contribution in [3.05, 3.63) is 77.6 Å². The SMILES string of the molecule is NC(=O)COc1ccc(C2CC(=O)Nc3c(C(=O)O)cn(-c4ccccc4)c32)cc1. The lowest BCUT2D eigenvalue weighted by Gasteiger charge is -2.26. The zero-order valence-electron chi connectivity index (χ0n) is 15.9. The number of anilines is 1. The van der Waals surface area contributed by atoms with Crippen molar-refractivity contribution >= 4 is 23.5 Å². The van der Waals surface area contributed by atoms with E-state index < -0.39 is 11.9 Å². The van der Waals surface area contributed by atoms with E-state index in [1.165, 1.54) is 6.20 Å². The van der Waals surface area contributed by atoms with Crippen LogP contribution in [0.25, 0.3) is 5.69 Å². The van der Waals surface area contributed by atoms with E-state index in [-0.39, 0.29) is 30.4 Å². The molecule has 3 aromatic rings. The summed E-state index contributed by atoms with van der Waals surface area (Å²) in [6, 6.07) is 16.3. The molecule has 30 heavy (non-hydrogen) atoms. The summed E-state index contributed by atoms with van der Waals surface area (Å²) in [5.74, 6) is -1.82. The molecule has 0 bridgehead atoms. The molecule has 8 heteroatoms. The first-order valence-corrected chi connectivity index (χ1v) is 9.29. The van der Waals surface area contributed by atoms with Gasteiger partial charge in [-0.05, 0) is 29.8 Å². The molecule has 0 spiro atoms. The first kappa shape index (κ1) is 19.3. The standard InChI is InChI=1S/C22H19N3O5/c23-18(26)12-30-15-8-6-13(7-9-15)16-10-19(27)24-20-17(22(28)29)11-25(21(16)20)14-4-2-1-3-5-14/h1-9,11,16H,10,12H2,(H2,23,26)(H,24,27)(H,28,29). The second kappa shape index (κ2) is 7.75. The zero-order chi connectivity index (χ0) is 21.3. The molecule has 1 aromatic heterocycles. The Balaban J connectivity index is 1.80. The Hall–Kier alpha value is -4.07. The smallest absolute Gasteiger partial charge is 0.339 e. The third-order valence-corrected chi connectivity index (χ3v) is 4.96. The lowest BCUT2D eigenvalue weighted by atomic mass is 9.88. The number of aromatic carboxylic acids is 1. The summed E-state index contributed by atoms with van der Waals surface area (Å²) >= 11 is 0. The number of nitrogens with two attached hydrogens (primary N) is 1. The minimum absolute atomic E-state index is 0.0355. The number of para-hydroxylation sites is 1. The highest BCUT2D eigenvalue weighted by atomic mass is 16.5. The van der Waals surface area contributed by atoms with Crippen LogP contribution in [0.2, 0.25) is 0 Å². The van der Waals surface area contributed by atoms with Gasteiger partial charge < -0.3 is 25.5 Å². The fraction of sp³-hybridized carbons (Fsp3) is 0.136. The number of carboxylic acid groups (broad SMARTS) is 1. The van der Waals surface area contributed by atoms with Crippen molar-refractivity contribution in [2.75, 3.05) is 11.9 Å². The van der Waals surface area contributed by atoms with E-state index in [2.05, 4.69) is 5.32 Å². The molecule has 152 valence electrons. The summed E-state index contributed by atoms with van der Waals surface area (Å²) in [7, 11) is 0. The molecule has 8 nitrogen and oxygen atoms in total. The van der Waals surface area contributed by atoms with Crippen molar-refractivity contribution in [1.82, 2.24) is 4.57 Å². The lowest BCUT2D eigenvalue weighted by molar-refractivity contribution is -0.120. The van der Waals surface area contributed by atoms with Gasteiger partial charge in [-0.25, -0.2) is 4.79 Å². The van der Waals surface area contributed by atoms with Gasteiger partial charge in [0.1, 0.15) is 11.3 Å². The number of carboxylic acids is 1. The Morgan fingerprint density at radius 3 is 2.47 bits per heavy atom. The molecule has 0 saturated heterocycles. The van der Waals surface area contributed by atoms with E-state index in [1.54, 1.807) is 28.8 Å². The second-order valence-corrected chi connectivity index (χ2v) is 6.94. The molecule has 0 radical (unpaired) electrons. The van der Waals surface area contributed by atoms with Crippen LogP contribution in [0.4, 0.5) is 5.69 Å². The molecular weight excluding hydrogens is 386 g/mol. The Bertz CT molecular complexity index is 1120. The highest BCUT2D eigenvalue weighted by Gasteiger charge is 2.34. The molecule has 1 unspecified atom stereocenters. The van der Waals surface area contributed by atoms with Gasteiger partial charge in [0.05, 0.1) is 11.4 Å². The number of carbonyl (C=O) groups excluding carboxylic acids is 2. The van der Waals surface area contributed by atoms with E-state index in [0.29, 0.717) is 17.1 Å². The number of benzene rings is 2. The number of carbonyl (C=O) groups is 3. The number of ether oxygens (including phenoxy) is 1. The van der Waals surface area contributed by atoms with Gasteiger partial charge in [-0.1, -0.05) is 30.3 Å². The molecule has 1 atom stereocenters. The highest BCUT2D eigenvalue weighted by Crippen LogP contribution is 2.41. The van der Waals surface area contributed by atoms with Crippen molar-refractivity contribution in [3.8, 4) is 11.4 Å². The molecular formula is C22H19N3O5. The molecule has 1 aliphatic rings. The molecule has 2 amide bonds. The number of nitrogens with zero attached hydrogens (tertiary/aromatic N) is 1. The average molecular weight is 405 g/mol. The number of hydrogen-bond acceptors (Lipinski definition) is 4. The minimum atomic E-state index is -1.11. The third kappa shape index (κ3) is 3.62. The van der Waals surface area contributed by atoms with E-state index >= 15 is 0 Å². The Labute approximate surface area is 171 Å². The fourth-order valence-corrected chi connectivity index (χ4v) is 3.66. The molecule has 4 rings (SSSR count). The van der Waals surface area contributed by atoms with Gasteiger partial charge in [0, 0.05) is 24.2 Å². The van der Waals surface area contributed by atoms with Crippen LogP contribution in [-0.2, 0) is 9.59 Å². The van der Waals surface area contributed by atoms with Gasteiger partial charge >= 0.3 is 5.97 Å². The lowest BCUT2D eigenvalue weighted by Crippen LogP contribution is -2.25. The molecule has 2 aromatic carbocycles. The van der Waals surface area contributed by atoms with Gasteiger partial charge in [0.25, 0.3) is 5.91 Å². The number of hydrogen-bond donors (Lipinski definition) is 3. The number of amides is 2. The van der Waals surface area contributed by atoms with Gasteiger partial charge in [-0.15, -0.1) is 0 Å². The third-order valence-electron chi connectivity index (χ3n) is 4.96. The van der Waals surface area contributed by atoms with Gasteiger partial charge in [0.2, 0.25) is 5.91 Å². The van der Waals surface area contributed by atoms with Crippen LogP contribution in [0, 0.1) is 0 Å². The van der Waals surface area contributed by atoms with E-state index in [1.807, 2.05) is 30.3 Å². The molecule has 2 heterocycles. The monoisotopic (exact) mass is 405 g/mol. The highest BCUT2D eigenvalue weighted by molar-refractivity contribution is 6.04. The van der Waals surface area contributed by atoms with Crippen molar-refractivity contribution < 1.29 is 24.2 Å². The van der Waals surface area contributed by atoms with Crippen molar-refractivity contribution in [2.24, 2.45) is 5.73 Å². The molecule has 0 saturated carbocycles. The normalized spacial score (nSPS) is 15.2. The second-order valence-electron chi connectivity index (χ2n) is 6.94. The van der Waals surface area contributed by atoms with Crippen LogP contribution < -0.4 is 15.8 Å². The summed E-state index contributed by atoms with van der Waals surface area (Å²) in [6.45, 7) is -0.228. The maximum Gasteiger partial charge on any atom is 0.339 e. The van der Waals surface area contributed by atoms with Crippen LogP contribution in [0.1, 0.15) is 34.0 Å². The Kier molecular flexibility index (Phi) is 4.97. The molecule has 1 aliphatic heterocycles. The van der Waals surface area contributed by atoms with Crippen LogP contribution in [-0.4, -0.2) is 34.1 Å². The number of aromatic nitrogens is 1. The van der Waals surface area contributed by atoms with Crippen molar-refractivity contribution in [1.29, 1.82) is 0 Å². The fourth-order valence-electron chi connectivity index (χ4n) is 3.66. The summed E-state index contributed by atoms with van der Waals surface area (Å²) in [5.41, 5.74) is 7.75. The number of fused-ring (bicyclic) bond motifs is 1. The largest absolute Gasteiger partial charge is 0.484 e. The maximum atomic E-state index is 12.4. The van der Waals surface area contributed by atoms with Crippen LogP contribution >= 0.6 is 0 Å². The van der Waals surface area contributed by atoms with E-state index in [4.69, 9.17) is 10.5 Å². The summed E-state index contributed by atoms with van der Waals surface area (Å²) in [6.07, 6.45) is 1.70. The first-order chi connectivity index (χ1) is 14.4. The number of nitrogens with one attached hydrogen (secondary N) is 1. The topological polar surface area (TPSA) is 124 Å². The predicted molar refractivity (Wildman–Crippen MR) is 109 cm³/mol. The summed E-state index contributed by atoms with van der Waals surface area (Å²) in [4.78, 5) is 35.1. The molecule has 0 fully saturated rings. The van der Waals surface area contributed by atoms with Crippen molar-refractivity contribution in [2.45, 2.75) is 12.3 Å². The van der Waals surface area contributed by atoms with Gasteiger partial charge in [-0.2, -0.15) is 0 Å². The van der Waals surface area contributed by atoms with Gasteiger partial charge in [0.15, 0.2) is 6.61 Å². The Morgan fingerprint density at radius 1 is 1.13 bits per heavy atom. The van der Waals surface area contributed by atoms with E-state index in [0.717, 1.165) is 11.3 Å². The van der Waals surface area contributed by atoms with Crippen LogP contribution in [0.15, 0.2) is 60.8 Å². The van der Waals surface area contributed by atoms with E-state index in [9.17, 15) is 19.5 Å². The number of primary amides is 1. The Morgan fingerprint density at radius 2 is 1.83 bits per heavy atom. The summed E-state index contributed by atoms with van der Waals surface area (Å²) in [5, 5.41) is 12.4. The van der Waals surface area contributed by atoms with Crippen LogP contribution in [0.5, 0.6) is 5.75 Å². The maximum absolute atomic E-state index is 12.4. The zero-order valence-corrected chi connectivity index (χ0v) is 15.9. The molecule has 0 aliphatic carbocycles.